The number of ether oxygens (including phenoxy) is 5. The van der Waals surface area contributed by atoms with E-state index in [1.165, 1.54) is 14.2 Å². The number of nitrogens with zero attached hydrogens (tertiary/aromatic N) is 1. The number of fused-ring (bicyclic) bond motifs is 1. The number of methoxy groups -OCH3 is 2. The Hall–Kier alpha value is -4.84. The van der Waals surface area contributed by atoms with Crippen LogP contribution in [0, 0.1) is 11.3 Å². The molecular weight excluding hydrogens is 579 g/mol. The van der Waals surface area contributed by atoms with Crippen molar-refractivity contribution in [2.45, 2.75) is 12.5 Å². The van der Waals surface area contributed by atoms with E-state index in [-0.39, 0.29) is 23.8 Å². The van der Waals surface area contributed by atoms with Crippen molar-refractivity contribution in [2.24, 2.45) is 5.73 Å². The molecule has 0 aliphatic carbocycles. The van der Waals surface area contributed by atoms with Gasteiger partial charge in [-0.1, -0.05) is 47.5 Å². The second kappa shape index (κ2) is 12.4. The predicted molar refractivity (Wildman–Crippen MR) is 157 cm³/mol. The Balaban J connectivity index is 1.43. The van der Waals surface area contributed by atoms with Crippen LogP contribution in [0.25, 0.3) is 0 Å². The Morgan fingerprint density at radius 3 is 2.52 bits per heavy atom. The fourth-order valence-corrected chi connectivity index (χ4v) is 5.00. The number of nitriles is 1. The van der Waals surface area contributed by atoms with E-state index >= 15 is 0 Å². The van der Waals surface area contributed by atoms with Gasteiger partial charge in [-0.15, -0.1) is 0 Å². The zero-order valence-electron chi connectivity index (χ0n) is 22.5. The summed E-state index contributed by atoms with van der Waals surface area (Å²) >= 11 is 12.3. The lowest BCUT2D eigenvalue weighted by Crippen LogP contribution is -2.21. The van der Waals surface area contributed by atoms with Crippen LogP contribution in [0.1, 0.15) is 33.0 Å². The van der Waals surface area contributed by atoms with Crippen LogP contribution in [0.2, 0.25) is 10.0 Å². The fraction of sp³-hybridized carbons (Fsp3) is 0.125. The van der Waals surface area contributed by atoms with Crippen LogP contribution in [0.15, 0.2) is 90.3 Å². The molecule has 0 amide bonds. The highest BCUT2D eigenvalue weighted by Crippen LogP contribution is 2.45. The number of esters is 1. The van der Waals surface area contributed by atoms with Crippen molar-refractivity contribution >= 4 is 29.2 Å². The zero-order chi connectivity index (χ0) is 29.8. The van der Waals surface area contributed by atoms with Gasteiger partial charge in [-0.05, 0) is 54.1 Å². The van der Waals surface area contributed by atoms with Crippen LogP contribution in [0.4, 0.5) is 0 Å². The molecule has 0 bridgehead atoms. The van der Waals surface area contributed by atoms with Crippen LogP contribution >= 0.6 is 23.2 Å². The molecule has 0 saturated carbocycles. The molecule has 0 saturated heterocycles. The number of carbonyl (C=O) groups is 1. The van der Waals surface area contributed by atoms with Crippen LogP contribution < -0.4 is 29.4 Å². The van der Waals surface area contributed by atoms with Crippen LogP contribution in [0.3, 0.4) is 0 Å². The normalized spacial score (nSPS) is 13.8. The third-order valence-corrected chi connectivity index (χ3v) is 7.21. The summed E-state index contributed by atoms with van der Waals surface area (Å²) in [6.07, 6.45) is 0. The Kier molecular flexibility index (Phi) is 8.43. The molecule has 1 atom stereocenters. The van der Waals surface area contributed by atoms with Gasteiger partial charge in [0.25, 0.3) is 0 Å². The van der Waals surface area contributed by atoms with Crippen molar-refractivity contribution in [3.8, 4) is 34.8 Å². The average Bonchev–Trinajstić information content (AvgIpc) is 2.99. The standard InChI is InChI=1S/C32H24Cl2N2O6/c1-38-22-5-3-4-19(12-22)32(37)41-23-9-10-24-28(15-23)42-31(36)25(16-35)30(24)18-7-11-27(29(13-18)39-2)40-17-20-6-8-21(33)14-26(20)34/h3-15,30H,17,36H2,1-2H3. The van der Waals surface area contributed by atoms with Crippen molar-refractivity contribution in [3.05, 3.63) is 123 Å². The highest BCUT2D eigenvalue weighted by atomic mass is 35.5. The van der Waals surface area contributed by atoms with Crippen LogP contribution in [0.5, 0.6) is 28.7 Å². The van der Waals surface area contributed by atoms with E-state index in [0.717, 1.165) is 5.56 Å². The molecule has 8 nitrogen and oxygen atoms in total. The lowest BCUT2D eigenvalue weighted by molar-refractivity contribution is 0.0734. The summed E-state index contributed by atoms with van der Waals surface area (Å²) in [4.78, 5) is 12.7. The predicted octanol–water partition coefficient (Wildman–Crippen LogP) is 7.03. The summed E-state index contributed by atoms with van der Waals surface area (Å²) in [5.74, 6) is 0.866. The summed E-state index contributed by atoms with van der Waals surface area (Å²) in [5.41, 5.74) is 8.87. The topological polar surface area (TPSA) is 113 Å². The maximum atomic E-state index is 12.7. The van der Waals surface area contributed by atoms with Gasteiger partial charge in [0.15, 0.2) is 11.5 Å². The first kappa shape index (κ1) is 28.7. The zero-order valence-corrected chi connectivity index (χ0v) is 24.0. The van der Waals surface area contributed by atoms with Gasteiger partial charge >= 0.3 is 5.97 Å². The third-order valence-electron chi connectivity index (χ3n) is 6.63. The minimum atomic E-state index is -0.574. The van der Waals surface area contributed by atoms with Gasteiger partial charge in [-0.2, -0.15) is 5.26 Å². The molecule has 0 radical (unpaired) electrons. The van der Waals surface area contributed by atoms with Gasteiger partial charge in [-0.3, -0.25) is 0 Å². The third kappa shape index (κ3) is 5.93. The van der Waals surface area contributed by atoms with Crippen molar-refractivity contribution < 1.29 is 28.5 Å². The second-order valence-corrected chi connectivity index (χ2v) is 10.0. The largest absolute Gasteiger partial charge is 0.497 e. The number of nitrogens with two attached hydrogens (primary N) is 1. The van der Waals surface area contributed by atoms with E-state index in [9.17, 15) is 10.1 Å². The van der Waals surface area contributed by atoms with E-state index in [2.05, 4.69) is 6.07 Å². The van der Waals surface area contributed by atoms with E-state index in [1.54, 1.807) is 72.8 Å². The van der Waals surface area contributed by atoms with Crippen molar-refractivity contribution in [3.63, 3.8) is 0 Å². The summed E-state index contributed by atoms with van der Waals surface area (Å²) < 4.78 is 28.1. The molecule has 0 aromatic heterocycles. The number of carbonyl (C=O) groups excluding carboxylic acids is 1. The lowest BCUT2D eigenvalue weighted by atomic mass is 9.83. The van der Waals surface area contributed by atoms with Crippen LogP contribution in [-0.2, 0) is 6.61 Å². The number of halogens is 2. The minimum absolute atomic E-state index is 0.0528. The minimum Gasteiger partial charge on any atom is -0.497 e. The maximum absolute atomic E-state index is 12.7. The summed E-state index contributed by atoms with van der Waals surface area (Å²) in [6.45, 7) is 0.194. The van der Waals surface area contributed by atoms with Gasteiger partial charge in [0.1, 0.15) is 35.5 Å². The molecule has 1 heterocycles. The molecule has 42 heavy (non-hydrogen) atoms. The number of hydrogen-bond acceptors (Lipinski definition) is 8. The molecule has 1 aliphatic heterocycles. The molecular formula is C32H24Cl2N2O6. The number of rotatable bonds is 8. The highest BCUT2D eigenvalue weighted by molar-refractivity contribution is 6.35. The molecule has 10 heteroatoms. The van der Waals surface area contributed by atoms with Crippen LogP contribution in [-0.4, -0.2) is 20.2 Å². The van der Waals surface area contributed by atoms with E-state index in [4.69, 9.17) is 52.6 Å². The van der Waals surface area contributed by atoms with Gasteiger partial charge in [-0.25, -0.2) is 4.79 Å². The quantitative estimate of drug-likeness (QED) is 0.169. The van der Waals surface area contributed by atoms with Crippen molar-refractivity contribution in [1.82, 2.24) is 0 Å². The van der Waals surface area contributed by atoms with E-state index in [1.807, 2.05) is 6.07 Å². The maximum Gasteiger partial charge on any atom is 0.343 e. The first-order chi connectivity index (χ1) is 20.3. The van der Waals surface area contributed by atoms with Gasteiger partial charge in [0, 0.05) is 27.2 Å². The molecule has 4 aromatic carbocycles. The number of hydrogen-bond donors (Lipinski definition) is 1. The molecule has 2 N–H and O–H groups in total. The second-order valence-electron chi connectivity index (χ2n) is 9.18. The molecule has 5 rings (SSSR count). The fourth-order valence-electron chi connectivity index (χ4n) is 4.54. The highest BCUT2D eigenvalue weighted by Gasteiger charge is 2.32. The Bertz CT molecular complexity index is 1750. The van der Waals surface area contributed by atoms with Crippen molar-refractivity contribution in [2.75, 3.05) is 14.2 Å². The molecule has 1 aliphatic rings. The van der Waals surface area contributed by atoms with Crippen molar-refractivity contribution in [1.29, 1.82) is 5.26 Å². The molecule has 0 spiro atoms. The molecule has 0 fully saturated rings. The lowest BCUT2D eigenvalue weighted by Gasteiger charge is -2.27. The van der Waals surface area contributed by atoms with E-state index in [0.29, 0.717) is 49.7 Å². The summed E-state index contributed by atoms with van der Waals surface area (Å²) in [7, 11) is 3.04. The van der Waals surface area contributed by atoms with E-state index < -0.39 is 11.9 Å². The molecule has 1 unspecified atom stereocenters. The molecule has 212 valence electrons. The molecule has 4 aromatic rings. The average molecular weight is 603 g/mol. The first-order valence-electron chi connectivity index (χ1n) is 12.6. The summed E-state index contributed by atoms with van der Waals surface area (Å²) in [5, 5.41) is 11.0. The SMILES string of the molecule is COc1cccc(C(=O)Oc2ccc3c(c2)OC(N)=C(C#N)C3c2ccc(OCc3ccc(Cl)cc3Cl)c(OC)c2)c1. The first-order valence-corrected chi connectivity index (χ1v) is 13.4. The van der Waals surface area contributed by atoms with Gasteiger partial charge in [0.05, 0.1) is 25.7 Å². The smallest absolute Gasteiger partial charge is 0.343 e. The Morgan fingerprint density at radius 1 is 0.952 bits per heavy atom. The number of benzene rings is 4. The Morgan fingerprint density at radius 2 is 1.79 bits per heavy atom. The van der Waals surface area contributed by atoms with Gasteiger partial charge in [0.2, 0.25) is 5.88 Å². The van der Waals surface area contributed by atoms with Gasteiger partial charge < -0.3 is 29.4 Å². The summed E-state index contributed by atoms with van der Waals surface area (Å²) in [6, 6.07) is 24.3. The Labute approximate surface area is 252 Å². The number of allylic oxidation sites excluding steroid dienone is 1. The monoisotopic (exact) mass is 602 g/mol.